The molecule has 1 aliphatic heterocycles. The molecule has 1 N–H and O–H groups in total. The first-order valence-electron chi connectivity index (χ1n) is 10.1. The van der Waals surface area contributed by atoms with Crippen molar-refractivity contribution in [3.05, 3.63) is 84.2 Å². The summed E-state index contributed by atoms with van der Waals surface area (Å²) in [5.74, 6) is 1.31. The quantitative estimate of drug-likeness (QED) is 0.555. The number of ether oxygens (including phenoxy) is 1. The van der Waals surface area contributed by atoms with Gasteiger partial charge in [0, 0.05) is 24.1 Å². The second kappa shape index (κ2) is 9.67. The monoisotopic (exact) mass is 419 g/mol. The van der Waals surface area contributed by atoms with Crippen molar-refractivity contribution in [1.29, 1.82) is 0 Å². The lowest BCUT2D eigenvalue weighted by Crippen LogP contribution is -2.38. The van der Waals surface area contributed by atoms with Crippen LogP contribution in [0.5, 0.6) is 5.75 Å². The van der Waals surface area contributed by atoms with Gasteiger partial charge < -0.3 is 14.4 Å². The smallest absolute Gasteiger partial charge is 0.255 e. The van der Waals surface area contributed by atoms with E-state index in [1.54, 1.807) is 19.5 Å². The first-order chi connectivity index (χ1) is 14.7. The lowest BCUT2D eigenvalue weighted by molar-refractivity contribution is 0.0709. The van der Waals surface area contributed by atoms with Gasteiger partial charge in [0.1, 0.15) is 5.75 Å². The van der Waals surface area contributed by atoms with Crippen LogP contribution in [0.2, 0.25) is 0 Å². The maximum Gasteiger partial charge on any atom is 0.255 e. The number of pyridine rings is 1. The molecule has 30 heavy (non-hydrogen) atoms. The number of aromatic nitrogens is 1. The maximum atomic E-state index is 13.2. The lowest BCUT2D eigenvalue weighted by atomic mass is 9.89. The summed E-state index contributed by atoms with van der Waals surface area (Å²) in [6.07, 6.45) is 5.39. The number of hydrogen-bond acceptors (Lipinski definition) is 5. The molecule has 0 atom stereocenters. The Morgan fingerprint density at radius 3 is 2.57 bits per heavy atom. The van der Waals surface area contributed by atoms with E-state index in [1.165, 1.54) is 17.5 Å². The van der Waals surface area contributed by atoms with E-state index in [2.05, 4.69) is 34.0 Å². The van der Waals surface area contributed by atoms with Crippen molar-refractivity contribution in [2.24, 2.45) is 0 Å². The summed E-state index contributed by atoms with van der Waals surface area (Å²) in [5, 5.41) is 0. The van der Waals surface area contributed by atoms with Crippen LogP contribution in [0.15, 0.2) is 78.0 Å². The molecule has 4 rings (SSSR count). The number of methoxy groups -OCH3 is 1. The van der Waals surface area contributed by atoms with Crippen molar-refractivity contribution in [2.75, 3.05) is 24.9 Å². The Morgan fingerprint density at radius 1 is 1.07 bits per heavy atom. The summed E-state index contributed by atoms with van der Waals surface area (Å²) in [7, 11) is 1.61. The Labute approximate surface area is 181 Å². The lowest BCUT2D eigenvalue weighted by Gasteiger charge is -2.32. The van der Waals surface area contributed by atoms with Gasteiger partial charge >= 0.3 is 0 Å². The van der Waals surface area contributed by atoms with Gasteiger partial charge in [0.2, 0.25) is 0 Å². The molecule has 1 fully saturated rings. The minimum Gasteiger partial charge on any atom is -0.495 e. The van der Waals surface area contributed by atoms with E-state index in [0.29, 0.717) is 11.7 Å². The van der Waals surface area contributed by atoms with Gasteiger partial charge in [-0.25, -0.2) is 0 Å². The summed E-state index contributed by atoms with van der Waals surface area (Å²) < 4.78 is 8.48. The highest BCUT2D eigenvalue weighted by Crippen LogP contribution is 2.31. The zero-order chi connectivity index (χ0) is 20.8. The molecule has 1 saturated heterocycles. The zero-order valence-electron chi connectivity index (χ0n) is 17.0. The predicted molar refractivity (Wildman–Crippen MR) is 121 cm³/mol. The van der Waals surface area contributed by atoms with Gasteiger partial charge in [-0.1, -0.05) is 42.5 Å². The average Bonchev–Trinajstić information content (AvgIpc) is 2.83. The van der Waals surface area contributed by atoms with E-state index in [-0.39, 0.29) is 5.91 Å². The third-order valence-electron chi connectivity index (χ3n) is 5.40. The largest absolute Gasteiger partial charge is 0.495 e. The molecular formula is C24H25N3O2S. The van der Waals surface area contributed by atoms with E-state index in [4.69, 9.17) is 4.74 Å². The molecule has 5 nitrogen and oxygen atoms in total. The number of carbonyl (C=O) groups excluding carboxylic acids is 1. The number of piperidine rings is 1. The zero-order valence-corrected chi connectivity index (χ0v) is 17.8. The summed E-state index contributed by atoms with van der Waals surface area (Å²) in [4.78, 5) is 20.3. The van der Waals surface area contributed by atoms with Gasteiger partial charge in [-0.15, -0.1) is 0 Å². The standard InChI is InChI=1S/C24H25N3O2S/c1-29-21-15-20(16-25-17-21)26-30-23-10-6-5-9-22(23)24(28)27-13-11-19(12-14-27)18-7-3-2-4-8-18/h2-10,15-17,19,26H,11-14H2,1H3. The number of nitrogens with one attached hydrogen (secondary N) is 1. The van der Waals surface area contributed by atoms with Crippen molar-refractivity contribution in [3.63, 3.8) is 0 Å². The minimum absolute atomic E-state index is 0.0928. The van der Waals surface area contributed by atoms with Crippen molar-refractivity contribution in [2.45, 2.75) is 23.7 Å². The highest BCUT2D eigenvalue weighted by atomic mass is 32.2. The second-order valence-electron chi connectivity index (χ2n) is 7.29. The van der Waals surface area contributed by atoms with Crippen molar-refractivity contribution in [1.82, 2.24) is 9.88 Å². The minimum atomic E-state index is 0.0928. The fourth-order valence-electron chi connectivity index (χ4n) is 3.74. The van der Waals surface area contributed by atoms with Crippen molar-refractivity contribution < 1.29 is 9.53 Å². The third-order valence-corrected chi connectivity index (χ3v) is 6.31. The second-order valence-corrected chi connectivity index (χ2v) is 8.14. The highest BCUT2D eigenvalue weighted by Gasteiger charge is 2.25. The Kier molecular flexibility index (Phi) is 6.54. The van der Waals surface area contributed by atoms with Crippen LogP contribution < -0.4 is 9.46 Å². The fraction of sp³-hybridized carbons (Fsp3) is 0.250. The highest BCUT2D eigenvalue weighted by molar-refractivity contribution is 8.00. The van der Waals surface area contributed by atoms with Crippen LogP contribution in [0.3, 0.4) is 0 Å². The molecule has 2 aromatic carbocycles. The SMILES string of the molecule is COc1cncc(NSc2ccccc2C(=O)N2CCC(c3ccccc3)CC2)c1. The van der Waals surface area contributed by atoms with Crippen LogP contribution in [-0.2, 0) is 0 Å². The van der Waals surface area contributed by atoms with E-state index < -0.39 is 0 Å². The molecule has 0 radical (unpaired) electrons. The molecule has 0 spiro atoms. The molecule has 154 valence electrons. The van der Waals surface area contributed by atoms with Crippen molar-refractivity contribution in [3.8, 4) is 5.75 Å². The summed E-state index contributed by atoms with van der Waals surface area (Å²) in [6.45, 7) is 1.56. The van der Waals surface area contributed by atoms with Crippen LogP contribution in [0, 0.1) is 0 Å². The van der Waals surface area contributed by atoms with Gasteiger partial charge in [0.15, 0.2) is 0 Å². The molecule has 3 aromatic rings. The first kappa shape index (κ1) is 20.3. The molecule has 0 saturated carbocycles. The number of nitrogens with zero attached hydrogens (tertiary/aromatic N) is 2. The molecule has 1 aliphatic rings. The number of likely N-dealkylation sites (tertiary alicyclic amines) is 1. The number of hydrogen-bond donors (Lipinski definition) is 1. The van der Waals surface area contributed by atoms with E-state index in [9.17, 15) is 4.79 Å². The number of anilines is 1. The molecular weight excluding hydrogens is 394 g/mol. The topological polar surface area (TPSA) is 54.5 Å². The Balaban J connectivity index is 1.41. The van der Waals surface area contributed by atoms with Gasteiger partial charge in [-0.05, 0) is 48.4 Å². The van der Waals surface area contributed by atoms with Crippen LogP contribution >= 0.6 is 11.9 Å². The molecule has 0 bridgehead atoms. The van der Waals surface area contributed by atoms with Gasteiger partial charge in [-0.3, -0.25) is 9.78 Å². The van der Waals surface area contributed by atoms with Gasteiger partial charge in [0.25, 0.3) is 5.91 Å². The predicted octanol–water partition coefficient (Wildman–Crippen LogP) is 5.23. The van der Waals surface area contributed by atoms with Crippen LogP contribution in [0.4, 0.5) is 5.69 Å². The van der Waals surface area contributed by atoms with E-state index in [1.807, 2.05) is 41.3 Å². The van der Waals surface area contributed by atoms with Crippen LogP contribution in [0.1, 0.15) is 34.7 Å². The number of carbonyl (C=O) groups is 1. The number of benzene rings is 2. The van der Waals surface area contributed by atoms with Gasteiger partial charge in [-0.2, -0.15) is 0 Å². The van der Waals surface area contributed by atoms with E-state index in [0.717, 1.165) is 42.1 Å². The molecule has 0 unspecified atom stereocenters. The Hall–Kier alpha value is -2.99. The Morgan fingerprint density at radius 2 is 1.80 bits per heavy atom. The molecule has 1 aromatic heterocycles. The molecule has 2 heterocycles. The van der Waals surface area contributed by atoms with E-state index >= 15 is 0 Å². The van der Waals surface area contributed by atoms with Crippen molar-refractivity contribution >= 4 is 23.5 Å². The third kappa shape index (κ3) is 4.76. The molecule has 6 heteroatoms. The summed E-state index contributed by atoms with van der Waals surface area (Å²) in [5.41, 5.74) is 2.92. The fourth-order valence-corrected chi connectivity index (χ4v) is 4.50. The molecule has 0 aliphatic carbocycles. The normalized spacial score (nSPS) is 14.4. The maximum absolute atomic E-state index is 13.2. The Bertz CT molecular complexity index is 989. The van der Waals surface area contributed by atoms with Gasteiger partial charge in [0.05, 0.1) is 30.8 Å². The summed E-state index contributed by atoms with van der Waals surface area (Å²) >= 11 is 1.42. The van der Waals surface area contributed by atoms with Crippen LogP contribution in [-0.4, -0.2) is 36.0 Å². The summed E-state index contributed by atoms with van der Waals surface area (Å²) in [6, 6.07) is 20.2. The number of rotatable bonds is 6. The average molecular weight is 420 g/mol. The molecule has 1 amide bonds. The first-order valence-corrected chi connectivity index (χ1v) is 10.9. The van der Waals surface area contributed by atoms with Crippen LogP contribution in [0.25, 0.3) is 0 Å². The number of amides is 1.